The quantitative estimate of drug-likeness (QED) is 0.561. The van der Waals surface area contributed by atoms with E-state index in [1.54, 1.807) is 23.1 Å². The number of hydrogen-bond donors (Lipinski definition) is 1. The lowest BCUT2D eigenvalue weighted by Gasteiger charge is -2.35. The molecule has 1 saturated heterocycles. The molecule has 4 rings (SSSR count). The zero-order valence-corrected chi connectivity index (χ0v) is 18.1. The Labute approximate surface area is 189 Å². The van der Waals surface area contributed by atoms with E-state index in [1.807, 2.05) is 36.4 Å². The normalized spacial score (nSPS) is 14.0. The smallest absolute Gasteiger partial charge is 0.322 e. The summed E-state index contributed by atoms with van der Waals surface area (Å²) in [5.74, 6) is 0.767. The molecule has 1 aliphatic rings. The first kappa shape index (κ1) is 20.7. The van der Waals surface area contributed by atoms with Gasteiger partial charge in [0.1, 0.15) is 0 Å². The average molecular weight is 463 g/mol. The number of anilines is 2. The van der Waals surface area contributed by atoms with Crippen LogP contribution in [0.4, 0.5) is 16.3 Å². The third kappa shape index (κ3) is 4.61. The molecule has 0 saturated carbocycles. The van der Waals surface area contributed by atoms with Crippen LogP contribution in [0.2, 0.25) is 15.1 Å². The van der Waals surface area contributed by atoms with Crippen molar-refractivity contribution in [2.24, 2.45) is 0 Å². The van der Waals surface area contributed by atoms with Gasteiger partial charge in [0.15, 0.2) is 5.82 Å². The Morgan fingerprint density at radius 1 is 0.867 bits per heavy atom. The molecular formula is C21H18Cl3N5O. The number of nitrogens with one attached hydrogen (secondary N) is 1. The standard InChI is InChI=1S/C21H18Cl3N5O/c22-14-5-6-17(24)19(13-14)25-21(30)29-11-9-28(10-12-29)20-8-7-18(26-27-20)15-3-1-2-4-16(15)23/h1-8,13H,9-12H2,(H,25,30). The molecule has 6 nitrogen and oxygen atoms in total. The van der Waals surface area contributed by atoms with Crippen molar-refractivity contribution >= 4 is 52.3 Å². The fraction of sp³-hybridized carbons (Fsp3) is 0.190. The van der Waals surface area contributed by atoms with E-state index in [-0.39, 0.29) is 6.03 Å². The number of amides is 2. The summed E-state index contributed by atoms with van der Waals surface area (Å²) in [6, 6.07) is 16.1. The molecule has 1 aromatic heterocycles. The van der Waals surface area contributed by atoms with Crippen LogP contribution < -0.4 is 10.2 Å². The minimum Gasteiger partial charge on any atom is -0.352 e. The van der Waals surface area contributed by atoms with Gasteiger partial charge in [0.2, 0.25) is 0 Å². The number of aromatic nitrogens is 2. The fourth-order valence-electron chi connectivity index (χ4n) is 3.23. The van der Waals surface area contributed by atoms with Gasteiger partial charge in [-0.3, -0.25) is 0 Å². The highest BCUT2D eigenvalue weighted by Gasteiger charge is 2.23. The monoisotopic (exact) mass is 461 g/mol. The maximum absolute atomic E-state index is 12.6. The summed E-state index contributed by atoms with van der Waals surface area (Å²) in [4.78, 5) is 16.4. The highest BCUT2D eigenvalue weighted by molar-refractivity contribution is 6.35. The maximum atomic E-state index is 12.6. The number of urea groups is 1. The molecule has 30 heavy (non-hydrogen) atoms. The van der Waals surface area contributed by atoms with Gasteiger partial charge in [-0.05, 0) is 36.4 Å². The minimum absolute atomic E-state index is 0.209. The third-order valence-electron chi connectivity index (χ3n) is 4.86. The summed E-state index contributed by atoms with van der Waals surface area (Å²) in [6.07, 6.45) is 0. The van der Waals surface area contributed by atoms with Crippen LogP contribution in [0.3, 0.4) is 0 Å². The van der Waals surface area contributed by atoms with Gasteiger partial charge in [-0.15, -0.1) is 10.2 Å². The molecule has 0 spiro atoms. The van der Waals surface area contributed by atoms with Gasteiger partial charge < -0.3 is 15.1 Å². The van der Waals surface area contributed by atoms with Gasteiger partial charge in [0, 0.05) is 36.8 Å². The van der Waals surface area contributed by atoms with E-state index in [2.05, 4.69) is 20.4 Å². The van der Waals surface area contributed by atoms with E-state index < -0.39 is 0 Å². The zero-order chi connectivity index (χ0) is 21.1. The van der Waals surface area contributed by atoms with E-state index in [1.165, 1.54) is 0 Å². The second-order valence-corrected chi connectivity index (χ2v) is 8.04. The summed E-state index contributed by atoms with van der Waals surface area (Å²) in [5.41, 5.74) is 2.07. The topological polar surface area (TPSA) is 61.4 Å². The fourth-order valence-corrected chi connectivity index (χ4v) is 3.80. The summed E-state index contributed by atoms with van der Waals surface area (Å²) < 4.78 is 0. The van der Waals surface area contributed by atoms with Crippen LogP contribution in [0.1, 0.15) is 0 Å². The molecule has 0 aliphatic carbocycles. The van der Waals surface area contributed by atoms with E-state index in [4.69, 9.17) is 34.8 Å². The van der Waals surface area contributed by atoms with Crippen molar-refractivity contribution in [3.05, 3.63) is 69.7 Å². The van der Waals surface area contributed by atoms with Crippen molar-refractivity contribution in [2.75, 3.05) is 36.4 Å². The average Bonchev–Trinajstić information content (AvgIpc) is 2.77. The van der Waals surface area contributed by atoms with Crippen molar-refractivity contribution in [3.63, 3.8) is 0 Å². The molecule has 1 fully saturated rings. The number of nitrogens with zero attached hydrogens (tertiary/aromatic N) is 4. The van der Waals surface area contributed by atoms with Crippen LogP contribution in [0, 0.1) is 0 Å². The van der Waals surface area contributed by atoms with Gasteiger partial charge in [-0.1, -0.05) is 53.0 Å². The van der Waals surface area contributed by atoms with Crippen LogP contribution in [0.15, 0.2) is 54.6 Å². The molecule has 9 heteroatoms. The highest BCUT2D eigenvalue weighted by atomic mass is 35.5. The Balaban J connectivity index is 1.37. The number of hydrogen-bond acceptors (Lipinski definition) is 4. The molecule has 1 aliphatic heterocycles. The Morgan fingerprint density at radius 2 is 1.63 bits per heavy atom. The maximum Gasteiger partial charge on any atom is 0.322 e. The first-order chi connectivity index (χ1) is 14.5. The summed E-state index contributed by atoms with van der Waals surface area (Å²) >= 11 is 18.3. The zero-order valence-electron chi connectivity index (χ0n) is 15.9. The molecule has 154 valence electrons. The lowest BCUT2D eigenvalue weighted by molar-refractivity contribution is 0.208. The molecule has 3 aromatic rings. The van der Waals surface area contributed by atoms with E-state index in [0.29, 0.717) is 46.9 Å². The van der Waals surface area contributed by atoms with Gasteiger partial charge in [-0.2, -0.15) is 0 Å². The highest BCUT2D eigenvalue weighted by Crippen LogP contribution is 2.27. The number of carbonyl (C=O) groups excluding carboxylic acids is 1. The largest absolute Gasteiger partial charge is 0.352 e. The molecular weight excluding hydrogens is 445 g/mol. The SMILES string of the molecule is O=C(Nc1cc(Cl)ccc1Cl)N1CCN(c2ccc(-c3ccccc3Cl)nn2)CC1. The number of piperazine rings is 1. The van der Waals surface area contributed by atoms with Crippen molar-refractivity contribution in [3.8, 4) is 11.3 Å². The van der Waals surface area contributed by atoms with Crippen LogP contribution in [0.5, 0.6) is 0 Å². The lowest BCUT2D eigenvalue weighted by Crippen LogP contribution is -2.50. The first-order valence-corrected chi connectivity index (χ1v) is 10.5. The number of rotatable bonds is 3. The second kappa shape index (κ2) is 9.08. The Bertz CT molecular complexity index is 1050. The Hall–Kier alpha value is -2.54. The number of halogens is 3. The van der Waals surface area contributed by atoms with E-state index >= 15 is 0 Å². The van der Waals surface area contributed by atoms with Crippen molar-refractivity contribution in [1.82, 2.24) is 15.1 Å². The second-order valence-electron chi connectivity index (χ2n) is 6.79. The summed E-state index contributed by atoms with van der Waals surface area (Å²) in [7, 11) is 0. The molecule has 0 bridgehead atoms. The summed E-state index contributed by atoms with van der Waals surface area (Å²) in [5, 5.41) is 13.1. The lowest BCUT2D eigenvalue weighted by atomic mass is 10.1. The Kier molecular flexibility index (Phi) is 6.27. The minimum atomic E-state index is -0.209. The third-order valence-corrected chi connectivity index (χ3v) is 5.76. The predicted molar refractivity (Wildman–Crippen MR) is 122 cm³/mol. The summed E-state index contributed by atoms with van der Waals surface area (Å²) in [6.45, 7) is 2.41. The van der Waals surface area contributed by atoms with E-state index in [0.717, 1.165) is 17.1 Å². The van der Waals surface area contributed by atoms with Gasteiger partial charge in [0.25, 0.3) is 0 Å². The molecule has 2 aromatic carbocycles. The van der Waals surface area contributed by atoms with Crippen molar-refractivity contribution < 1.29 is 4.79 Å². The molecule has 0 unspecified atom stereocenters. The van der Waals surface area contributed by atoms with Crippen LogP contribution in [-0.2, 0) is 0 Å². The molecule has 0 atom stereocenters. The Morgan fingerprint density at radius 3 is 2.33 bits per heavy atom. The van der Waals surface area contributed by atoms with Crippen LogP contribution in [-0.4, -0.2) is 47.3 Å². The predicted octanol–water partition coefficient (Wildman–Crippen LogP) is 5.46. The molecule has 1 N–H and O–H groups in total. The van der Waals surface area contributed by atoms with Gasteiger partial charge >= 0.3 is 6.03 Å². The molecule has 0 radical (unpaired) electrons. The number of carbonyl (C=O) groups is 1. The van der Waals surface area contributed by atoms with Crippen molar-refractivity contribution in [2.45, 2.75) is 0 Å². The molecule has 2 amide bonds. The van der Waals surface area contributed by atoms with Gasteiger partial charge in [-0.25, -0.2) is 4.79 Å². The van der Waals surface area contributed by atoms with Crippen LogP contribution >= 0.6 is 34.8 Å². The molecule has 2 heterocycles. The first-order valence-electron chi connectivity index (χ1n) is 9.36. The van der Waals surface area contributed by atoms with Gasteiger partial charge in [0.05, 0.1) is 21.4 Å². The van der Waals surface area contributed by atoms with Crippen molar-refractivity contribution in [1.29, 1.82) is 0 Å². The number of benzene rings is 2. The van der Waals surface area contributed by atoms with E-state index in [9.17, 15) is 4.79 Å². The van der Waals surface area contributed by atoms with Crippen LogP contribution in [0.25, 0.3) is 11.3 Å².